The van der Waals surface area contributed by atoms with Crippen molar-refractivity contribution in [2.24, 2.45) is 0 Å². The molecule has 2 aromatic carbocycles. The Hall–Kier alpha value is -2.80. The third kappa shape index (κ3) is 4.39. The van der Waals surface area contributed by atoms with Crippen LogP contribution in [-0.2, 0) is 6.18 Å². The maximum absolute atomic E-state index is 13.2. The smallest absolute Gasteiger partial charge is 0.423 e. The number of aromatic nitrogens is 2. The Kier molecular flexibility index (Phi) is 4.76. The lowest BCUT2D eigenvalue weighted by molar-refractivity contribution is -0.139. The zero-order chi connectivity index (χ0) is 17.9. The molecule has 0 radical (unpaired) electrons. The third-order valence-corrected chi connectivity index (χ3v) is 3.37. The van der Waals surface area contributed by atoms with Gasteiger partial charge >= 0.3 is 6.18 Å². The molecule has 4 nitrogen and oxygen atoms in total. The van der Waals surface area contributed by atoms with E-state index in [-0.39, 0.29) is 11.7 Å². The maximum Gasteiger partial charge on any atom is 0.423 e. The third-order valence-electron chi connectivity index (χ3n) is 3.12. The molecule has 128 valence electrons. The maximum atomic E-state index is 13.2. The first-order valence-electron chi connectivity index (χ1n) is 7.11. The highest BCUT2D eigenvalue weighted by molar-refractivity contribution is 6.30. The van der Waals surface area contributed by atoms with Crippen LogP contribution in [0.5, 0.6) is 11.6 Å². The predicted octanol–water partition coefficient (Wildman–Crippen LogP) is 5.68. The van der Waals surface area contributed by atoms with Gasteiger partial charge in [0.1, 0.15) is 11.3 Å². The quantitative estimate of drug-likeness (QED) is 0.645. The molecule has 0 aliphatic carbocycles. The molecule has 0 amide bonds. The number of nitrogens with one attached hydrogen (secondary N) is 1. The van der Waals surface area contributed by atoms with Gasteiger partial charge in [0.15, 0.2) is 0 Å². The number of anilines is 2. The van der Waals surface area contributed by atoms with E-state index in [1.165, 1.54) is 12.1 Å². The Labute approximate surface area is 146 Å². The minimum absolute atomic E-state index is 0.0266. The van der Waals surface area contributed by atoms with Crippen LogP contribution >= 0.6 is 11.6 Å². The summed E-state index contributed by atoms with van der Waals surface area (Å²) in [6.07, 6.45) is -3.95. The summed E-state index contributed by atoms with van der Waals surface area (Å²) in [4.78, 5) is 7.56. The van der Waals surface area contributed by atoms with E-state index in [1.807, 2.05) is 0 Å². The van der Waals surface area contributed by atoms with Crippen LogP contribution in [0.2, 0.25) is 5.02 Å². The Morgan fingerprint density at radius 3 is 2.28 bits per heavy atom. The summed E-state index contributed by atoms with van der Waals surface area (Å²) in [5, 5.41) is 3.34. The van der Waals surface area contributed by atoms with E-state index < -0.39 is 17.6 Å². The summed E-state index contributed by atoms with van der Waals surface area (Å²) in [7, 11) is 0. The van der Waals surface area contributed by atoms with E-state index in [0.29, 0.717) is 16.9 Å². The summed E-state index contributed by atoms with van der Waals surface area (Å²) in [6.45, 7) is 0. The van der Waals surface area contributed by atoms with Crippen molar-refractivity contribution in [1.82, 2.24) is 9.97 Å². The molecular formula is C17H11ClF3N3O. The fourth-order valence-electron chi connectivity index (χ4n) is 1.96. The lowest BCUT2D eigenvalue weighted by Crippen LogP contribution is -2.10. The summed E-state index contributed by atoms with van der Waals surface area (Å²) in [6, 6.07) is 14.7. The predicted molar refractivity (Wildman–Crippen MR) is 88.3 cm³/mol. The number of halogens is 4. The summed E-state index contributed by atoms with van der Waals surface area (Å²) in [5.74, 6) is -0.365. The Morgan fingerprint density at radius 1 is 0.960 bits per heavy atom. The van der Waals surface area contributed by atoms with Gasteiger partial charge in [-0.1, -0.05) is 29.8 Å². The van der Waals surface area contributed by atoms with Gasteiger partial charge < -0.3 is 10.1 Å². The molecule has 0 fully saturated rings. The van der Waals surface area contributed by atoms with E-state index >= 15 is 0 Å². The van der Waals surface area contributed by atoms with Crippen molar-refractivity contribution in [2.75, 3.05) is 5.32 Å². The Balaban J connectivity index is 1.93. The monoisotopic (exact) mass is 365 g/mol. The van der Waals surface area contributed by atoms with Crippen molar-refractivity contribution in [1.29, 1.82) is 0 Å². The Morgan fingerprint density at radius 2 is 1.64 bits per heavy atom. The van der Waals surface area contributed by atoms with E-state index in [9.17, 15) is 13.2 Å². The molecule has 0 unspecified atom stereocenters. The molecule has 8 heteroatoms. The van der Waals surface area contributed by atoms with Crippen molar-refractivity contribution in [3.8, 4) is 11.6 Å². The van der Waals surface area contributed by atoms with Crippen LogP contribution in [0.25, 0.3) is 0 Å². The second-order valence-electron chi connectivity index (χ2n) is 4.96. The van der Waals surface area contributed by atoms with E-state index in [2.05, 4.69) is 15.3 Å². The molecule has 1 aromatic heterocycles. The Bertz CT molecular complexity index is 855. The number of ether oxygens (including phenoxy) is 1. The van der Waals surface area contributed by atoms with Gasteiger partial charge in [-0.05, 0) is 36.4 Å². The number of nitrogens with zero attached hydrogens (tertiary/aromatic N) is 2. The van der Waals surface area contributed by atoms with Crippen molar-refractivity contribution in [3.63, 3.8) is 0 Å². The minimum Gasteiger partial charge on any atom is -0.438 e. The van der Waals surface area contributed by atoms with Gasteiger partial charge in [0, 0.05) is 16.9 Å². The van der Waals surface area contributed by atoms with Crippen LogP contribution < -0.4 is 10.1 Å². The molecule has 0 saturated heterocycles. The number of benzene rings is 2. The second kappa shape index (κ2) is 6.98. The fourth-order valence-corrected chi connectivity index (χ4v) is 2.09. The molecule has 0 saturated carbocycles. The first kappa shape index (κ1) is 17.0. The molecule has 25 heavy (non-hydrogen) atoms. The molecule has 0 bridgehead atoms. The highest BCUT2D eigenvalue weighted by atomic mass is 35.5. The first-order valence-corrected chi connectivity index (χ1v) is 7.49. The van der Waals surface area contributed by atoms with Crippen molar-refractivity contribution in [3.05, 3.63) is 71.4 Å². The summed E-state index contributed by atoms with van der Waals surface area (Å²) in [5.41, 5.74) is -0.479. The number of para-hydroxylation sites is 1. The van der Waals surface area contributed by atoms with Crippen LogP contribution in [0.3, 0.4) is 0 Å². The zero-order valence-corrected chi connectivity index (χ0v) is 13.3. The molecular weight excluding hydrogens is 355 g/mol. The average Bonchev–Trinajstić information content (AvgIpc) is 2.57. The fraction of sp³-hybridized carbons (Fsp3) is 0.0588. The molecule has 0 spiro atoms. The van der Waals surface area contributed by atoms with E-state index in [1.54, 1.807) is 42.5 Å². The van der Waals surface area contributed by atoms with Crippen LogP contribution in [0.1, 0.15) is 5.56 Å². The van der Waals surface area contributed by atoms with Crippen LogP contribution in [0.15, 0.2) is 60.8 Å². The molecule has 0 atom stereocenters. The normalized spacial score (nSPS) is 11.2. The van der Waals surface area contributed by atoms with Crippen LogP contribution in [0, 0.1) is 0 Å². The molecule has 1 heterocycles. The number of hydrogen-bond donors (Lipinski definition) is 1. The van der Waals surface area contributed by atoms with Gasteiger partial charge in [-0.2, -0.15) is 18.2 Å². The zero-order valence-electron chi connectivity index (χ0n) is 12.6. The number of rotatable bonds is 4. The number of alkyl halides is 3. The second-order valence-corrected chi connectivity index (χ2v) is 5.39. The molecule has 0 aliphatic rings. The summed E-state index contributed by atoms with van der Waals surface area (Å²) >= 11 is 5.80. The highest BCUT2D eigenvalue weighted by Crippen LogP contribution is 2.37. The lowest BCUT2D eigenvalue weighted by Gasteiger charge is -2.14. The van der Waals surface area contributed by atoms with Crippen molar-refractivity contribution in [2.45, 2.75) is 6.18 Å². The minimum atomic E-state index is -4.64. The lowest BCUT2D eigenvalue weighted by atomic mass is 10.3. The van der Waals surface area contributed by atoms with Gasteiger partial charge in [-0.15, -0.1) is 0 Å². The van der Waals surface area contributed by atoms with Gasteiger partial charge in [-0.3, -0.25) is 0 Å². The van der Waals surface area contributed by atoms with Gasteiger partial charge in [-0.25, -0.2) is 4.98 Å². The standard InChI is InChI=1S/C17H11ClF3N3O/c18-11-6-8-12(9-7-11)23-16-22-10-14(17(19,20)21)15(24-16)25-13-4-2-1-3-5-13/h1-10H,(H,22,23,24). The average molecular weight is 366 g/mol. The number of hydrogen-bond acceptors (Lipinski definition) is 4. The van der Waals surface area contributed by atoms with Gasteiger partial charge in [0.25, 0.3) is 0 Å². The van der Waals surface area contributed by atoms with Crippen LogP contribution in [0.4, 0.5) is 24.8 Å². The molecule has 3 aromatic rings. The molecule has 0 aliphatic heterocycles. The first-order chi connectivity index (χ1) is 11.9. The summed E-state index contributed by atoms with van der Waals surface area (Å²) < 4.78 is 44.8. The van der Waals surface area contributed by atoms with Gasteiger partial charge in [0.2, 0.25) is 11.8 Å². The largest absolute Gasteiger partial charge is 0.438 e. The van der Waals surface area contributed by atoms with Crippen molar-refractivity contribution < 1.29 is 17.9 Å². The molecule has 1 N–H and O–H groups in total. The molecule has 3 rings (SSSR count). The van der Waals surface area contributed by atoms with Crippen LogP contribution in [-0.4, -0.2) is 9.97 Å². The SMILES string of the molecule is FC(F)(F)c1cnc(Nc2ccc(Cl)cc2)nc1Oc1ccccc1. The highest BCUT2D eigenvalue weighted by Gasteiger charge is 2.36. The topological polar surface area (TPSA) is 47.0 Å². The van der Waals surface area contributed by atoms with Crippen molar-refractivity contribution >= 4 is 23.2 Å². The van der Waals surface area contributed by atoms with E-state index in [4.69, 9.17) is 16.3 Å². The van der Waals surface area contributed by atoms with Gasteiger partial charge in [0.05, 0.1) is 0 Å². The van der Waals surface area contributed by atoms with E-state index in [0.717, 1.165) is 0 Å².